The van der Waals surface area contributed by atoms with E-state index in [0.29, 0.717) is 23.8 Å². The van der Waals surface area contributed by atoms with Crippen LogP contribution in [-0.2, 0) is 11.2 Å². The van der Waals surface area contributed by atoms with Crippen molar-refractivity contribution < 1.29 is 14.3 Å². The monoisotopic (exact) mass is 341 g/mol. The third-order valence-corrected chi connectivity index (χ3v) is 4.06. The molecular weight excluding hydrogens is 314 g/mol. The van der Waals surface area contributed by atoms with E-state index in [-0.39, 0.29) is 11.9 Å². The van der Waals surface area contributed by atoms with Gasteiger partial charge in [0.1, 0.15) is 0 Å². The highest BCUT2D eigenvalue weighted by molar-refractivity contribution is 5.79. The van der Waals surface area contributed by atoms with Crippen LogP contribution in [0.3, 0.4) is 0 Å². The molecule has 0 aliphatic heterocycles. The van der Waals surface area contributed by atoms with Crippen LogP contribution in [0.4, 0.5) is 0 Å². The topological polar surface area (TPSA) is 47.6 Å². The maximum Gasteiger partial charge on any atom is 0.224 e. The Hall–Kier alpha value is -2.49. The van der Waals surface area contributed by atoms with Crippen molar-refractivity contribution >= 4 is 5.91 Å². The number of carbonyl (C=O) groups excluding carboxylic acids is 1. The van der Waals surface area contributed by atoms with Crippen molar-refractivity contribution in [3.8, 4) is 11.5 Å². The molecule has 0 aliphatic rings. The largest absolute Gasteiger partial charge is 0.493 e. The Kier molecular flexibility index (Phi) is 6.87. The van der Waals surface area contributed by atoms with E-state index >= 15 is 0 Å². The van der Waals surface area contributed by atoms with Crippen molar-refractivity contribution in [2.75, 3.05) is 14.2 Å². The van der Waals surface area contributed by atoms with Crippen LogP contribution in [0, 0.1) is 5.92 Å². The number of methoxy groups -OCH3 is 2. The van der Waals surface area contributed by atoms with Crippen molar-refractivity contribution in [1.29, 1.82) is 0 Å². The fourth-order valence-corrected chi connectivity index (χ4v) is 2.86. The SMILES string of the molecule is COc1ccc(CC(=O)N[C@H](CC(C)C)c2ccccc2)cc1OC. The molecular formula is C21H27NO3. The lowest BCUT2D eigenvalue weighted by Crippen LogP contribution is -2.30. The van der Waals surface area contributed by atoms with E-state index in [1.807, 2.05) is 36.4 Å². The third-order valence-electron chi connectivity index (χ3n) is 4.06. The molecule has 0 aromatic heterocycles. The number of amides is 1. The van der Waals surface area contributed by atoms with Crippen LogP contribution < -0.4 is 14.8 Å². The minimum atomic E-state index is 0.00160. The molecule has 25 heavy (non-hydrogen) atoms. The van der Waals surface area contributed by atoms with Crippen LogP contribution in [0.1, 0.15) is 37.4 Å². The summed E-state index contributed by atoms with van der Waals surface area (Å²) in [4.78, 5) is 12.5. The van der Waals surface area contributed by atoms with Gasteiger partial charge in [-0.3, -0.25) is 4.79 Å². The first-order valence-electron chi connectivity index (χ1n) is 8.58. The Balaban J connectivity index is 2.08. The standard InChI is InChI=1S/C21H27NO3/c1-15(2)12-18(17-8-6-5-7-9-17)22-21(23)14-16-10-11-19(24-3)20(13-16)25-4/h5-11,13,15,18H,12,14H2,1-4H3,(H,22,23)/t18-/m1/s1. The molecule has 0 aliphatic carbocycles. The summed E-state index contributed by atoms with van der Waals surface area (Å²) < 4.78 is 10.5. The molecule has 0 fully saturated rings. The molecule has 0 saturated heterocycles. The maximum atomic E-state index is 12.5. The normalized spacial score (nSPS) is 11.9. The lowest BCUT2D eigenvalue weighted by molar-refractivity contribution is -0.121. The van der Waals surface area contributed by atoms with Gasteiger partial charge in [-0.05, 0) is 35.6 Å². The van der Waals surface area contributed by atoms with E-state index in [4.69, 9.17) is 9.47 Å². The predicted molar refractivity (Wildman–Crippen MR) is 100 cm³/mol. The molecule has 0 radical (unpaired) electrons. The molecule has 2 rings (SSSR count). The second kappa shape index (κ2) is 9.11. The Labute approximate surface area is 150 Å². The fourth-order valence-electron chi connectivity index (χ4n) is 2.86. The molecule has 1 N–H and O–H groups in total. The van der Waals surface area contributed by atoms with E-state index in [1.54, 1.807) is 14.2 Å². The summed E-state index contributed by atoms with van der Waals surface area (Å²) in [6, 6.07) is 15.7. The van der Waals surface area contributed by atoms with Gasteiger partial charge in [0.2, 0.25) is 5.91 Å². The number of benzene rings is 2. The number of ether oxygens (including phenoxy) is 2. The predicted octanol–water partition coefficient (Wildman–Crippen LogP) is 4.15. The lowest BCUT2D eigenvalue weighted by Gasteiger charge is -2.21. The molecule has 0 bridgehead atoms. The molecule has 1 amide bonds. The van der Waals surface area contributed by atoms with Gasteiger partial charge in [-0.15, -0.1) is 0 Å². The average molecular weight is 341 g/mol. The Bertz CT molecular complexity index is 683. The minimum absolute atomic E-state index is 0.00160. The lowest BCUT2D eigenvalue weighted by atomic mass is 9.96. The first kappa shape index (κ1) is 18.8. The maximum absolute atomic E-state index is 12.5. The van der Waals surface area contributed by atoms with Gasteiger partial charge in [-0.1, -0.05) is 50.2 Å². The van der Waals surface area contributed by atoms with Gasteiger partial charge in [0.15, 0.2) is 11.5 Å². The zero-order valence-electron chi connectivity index (χ0n) is 15.4. The van der Waals surface area contributed by atoms with Crippen molar-refractivity contribution in [2.45, 2.75) is 32.7 Å². The third kappa shape index (κ3) is 5.52. The van der Waals surface area contributed by atoms with Crippen molar-refractivity contribution in [1.82, 2.24) is 5.32 Å². The summed E-state index contributed by atoms with van der Waals surface area (Å²) in [6.45, 7) is 4.33. The highest BCUT2D eigenvalue weighted by atomic mass is 16.5. The van der Waals surface area contributed by atoms with Gasteiger partial charge in [0.05, 0.1) is 26.7 Å². The minimum Gasteiger partial charge on any atom is -0.493 e. The molecule has 1 atom stereocenters. The van der Waals surface area contributed by atoms with Gasteiger partial charge in [0.25, 0.3) is 0 Å². The van der Waals surface area contributed by atoms with E-state index in [2.05, 4.69) is 31.3 Å². The van der Waals surface area contributed by atoms with Crippen LogP contribution in [0.5, 0.6) is 11.5 Å². The molecule has 2 aromatic rings. The summed E-state index contributed by atoms with van der Waals surface area (Å²) in [5.41, 5.74) is 2.03. The smallest absolute Gasteiger partial charge is 0.224 e. The Morgan fingerprint density at radius 1 is 1.00 bits per heavy atom. The van der Waals surface area contributed by atoms with Crippen molar-refractivity contribution in [3.63, 3.8) is 0 Å². The van der Waals surface area contributed by atoms with Crippen molar-refractivity contribution in [3.05, 3.63) is 59.7 Å². The molecule has 2 aromatic carbocycles. The molecule has 134 valence electrons. The number of nitrogens with one attached hydrogen (secondary N) is 1. The van der Waals surface area contributed by atoms with Crippen molar-refractivity contribution in [2.24, 2.45) is 5.92 Å². The fraction of sp³-hybridized carbons (Fsp3) is 0.381. The van der Waals surface area contributed by atoms with E-state index < -0.39 is 0 Å². The second-order valence-electron chi connectivity index (χ2n) is 6.53. The number of hydrogen-bond acceptors (Lipinski definition) is 3. The number of rotatable bonds is 8. The zero-order valence-corrected chi connectivity index (χ0v) is 15.4. The molecule has 0 saturated carbocycles. The van der Waals surface area contributed by atoms with Crippen LogP contribution in [0.15, 0.2) is 48.5 Å². The van der Waals surface area contributed by atoms with Crippen LogP contribution in [-0.4, -0.2) is 20.1 Å². The van der Waals surface area contributed by atoms with Crippen LogP contribution in [0.2, 0.25) is 0 Å². The molecule has 4 nitrogen and oxygen atoms in total. The van der Waals surface area contributed by atoms with Gasteiger partial charge in [-0.2, -0.15) is 0 Å². The molecule has 4 heteroatoms. The first-order chi connectivity index (χ1) is 12.0. The molecule has 0 spiro atoms. The van der Waals surface area contributed by atoms with Gasteiger partial charge < -0.3 is 14.8 Å². The second-order valence-corrected chi connectivity index (χ2v) is 6.53. The summed E-state index contributed by atoms with van der Waals surface area (Å²) in [7, 11) is 3.19. The van der Waals surface area contributed by atoms with Gasteiger partial charge in [0, 0.05) is 0 Å². The Morgan fingerprint density at radius 3 is 2.28 bits per heavy atom. The Morgan fingerprint density at radius 2 is 1.68 bits per heavy atom. The molecule has 0 heterocycles. The summed E-state index contributed by atoms with van der Waals surface area (Å²) in [5, 5.41) is 3.17. The first-order valence-corrected chi connectivity index (χ1v) is 8.58. The summed E-state index contributed by atoms with van der Waals surface area (Å²) in [6.07, 6.45) is 1.21. The quantitative estimate of drug-likeness (QED) is 0.784. The zero-order chi connectivity index (χ0) is 18.2. The number of hydrogen-bond donors (Lipinski definition) is 1. The van der Waals surface area contributed by atoms with E-state index in [1.165, 1.54) is 0 Å². The highest BCUT2D eigenvalue weighted by Gasteiger charge is 2.16. The number of carbonyl (C=O) groups is 1. The van der Waals surface area contributed by atoms with E-state index in [9.17, 15) is 4.79 Å². The van der Waals surface area contributed by atoms with E-state index in [0.717, 1.165) is 17.5 Å². The summed E-state index contributed by atoms with van der Waals surface area (Å²) in [5.74, 6) is 1.79. The van der Waals surface area contributed by atoms with Crippen LogP contribution in [0.25, 0.3) is 0 Å². The van der Waals surface area contributed by atoms with Crippen LogP contribution >= 0.6 is 0 Å². The van der Waals surface area contributed by atoms with Gasteiger partial charge in [-0.25, -0.2) is 0 Å². The molecule has 0 unspecified atom stereocenters. The highest BCUT2D eigenvalue weighted by Crippen LogP contribution is 2.28. The van der Waals surface area contributed by atoms with Gasteiger partial charge >= 0.3 is 0 Å². The summed E-state index contributed by atoms with van der Waals surface area (Å²) >= 11 is 0. The average Bonchev–Trinajstić information content (AvgIpc) is 2.61.